The monoisotopic (exact) mass is 524 g/mol. The van der Waals surface area contributed by atoms with Gasteiger partial charge in [-0.05, 0) is 79.3 Å². The number of aliphatic hydroxyl groups excluding tert-OH is 1. The Morgan fingerprint density at radius 3 is 1.77 bits per heavy atom. The molecular formula is C35H40O4. The van der Waals surface area contributed by atoms with Gasteiger partial charge in [0.1, 0.15) is 17.1 Å². The predicted molar refractivity (Wildman–Crippen MR) is 161 cm³/mol. The van der Waals surface area contributed by atoms with Crippen molar-refractivity contribution in [2.45, 2.75) is 63.8 Å². The molecule has 0 aromatic heterocycles. The topological polar surface area (TPSA) is 47.9 Å². The lowest BCUT2D eigenvalue weighted by molar-refractivity contribution is -0.182. The fourth-order valence-electron chi connectivity index (χ4n) is 4.96. The van der Waals surface area contributed by atoms with E-state index in [-0.39, 0.29) is 5.60 Å². The van der Waals surface area contributed by atoms with Gasteiger partial charge in [0.25, 0.3) is 0 Å². The largest absolute Gasteiger partial charge is 0.516 e. The number of aliphatic hydroxyl groups is 1. The summed E-state index contributed by atoms with van der Waals surface area (Å²) in [5, 5.41) is 8.92. The molecule has 3 aromatic carbocycles. The fraction of sp³-hybridized carbons (Fsp3) is 0.314. The molecule has 204 valence electrons. The zero-order valence-electron chi connectivity index (χ0n) is 23.3. The standard InChI is InChI=1S/C35H40O4/c1-34(2,27-31-13-11-30(12-14-31)23-26-36)38-32-19-15-28(16-20-32)9-5-6-10-29-17-21-33(22-18-29)39-35(37-3)24-7-4-8-25-35/h5-6,9-23,26,36H,4,7-8,24-25,27H2,1-3H3. The Kier molecular flexibility index (Phi) is 9.67. The number of ether oxygens (including phenoxy) is 3. The van der Waals surface area contributed by atoms with E-state index in [0.29, 0.717) is 0 Å². The Morgan fingerprint density at radius 1 is 0.718 bits per heavy atom. The van der Waals surface area contributed by atoms with Crippen LogP contribution >= 0.6 is 0 Å². The summed E-state index contributed by atoms with van der Waals surface area (Å²) in [5.41, 5.74) is 4.03. The molecule has 0 heterocycles. The van der Waals surface area contributed by atoms with Gasteiger partial charge in [0.05, 0.1) is 6.26 Å². The lowest BCUT2D eigenvalue weighted by atomic mass is 9.94. The Morgan fingerprint density at radius 2 is 1.23 bits per heavy atom. The summed E-state index contributed by atoms with van der Waals surface area (Å²) in [6.45, 7) is 4.19. The number of hydrogen-bond donors (Lipinski definition) is 1. The molecule has 4 heteroatoms. The van der Waals surface area contributed by atoms with Crippen LogP contribution < -0.4 is 9.47 Å². The summed E-state index contributed by atoms with van der Waals surface area (Å²) >= 11 is 0. The van der Waals surface area contributed by atoms with Gasteiger partial charge in [0.15, 0.2) is 0 Å². The fourth-order valence-corrected chi connectivity index (χ4v) is 4.96. The molecule has 4 rings (SSSR count). The minimum atomic E-state index is -0.472. The van der Waals surface area contributed by atoms with Crippen molar-refractivity contribution < 1.29 is 19.3 Å². The molecule has 0 bridgehead atoms. The highest BCUT2D eigenvalue weighted by Gasteiger charge is 2.34. The third kappa shape index (κ3) is 8.62. The lowest BCUT2D eigenvalue weighted by Gasteiger charge is -2.36. The molecule has 0 unspecified atom stereocenters. The molecule has 0 saturated heterocycles. The number of rotatable bonds is 11. The molecule has 1 N–H and O–H groups in total. The van der Waals surface area contributed by atoms with Crippen LogP contribution in [-0.2, 0) is 11.2 Å². The molecule has 1 aliphatic rings. The molecule has 1 aliphatic carbocycles. The summed E-state index contributed by atoms with van der Waals surface area (Å²) in [7, 11) is 1.75. The van der Waals surface area contributed by atoms with Gasteiger partial charge in [-0.2, -0.15) is 0 Å². The summed E-state index contributed by atoms with van der Waals surface area (Å²) in [5.74, 6) is 1.23. The highest BCUT2D eigenvalue weighted by atomic mass is 16.7. The average Bonchev–Trinajstić information content (AvgIpc) is 2.94. The number of methoxy groups -OCH3 is 1. The van der Waals surface area contributed by atoms with E-state index in [1.54, 1.807) is 13.2 Å². The van der Waals surface area contributed by atoms with Crippen molar-refractivity contribution in [2.24, 2.45) is 0 Å². The van der Waals surface area contributed by atoms with E-state index in [9.17, 15) is 0 Å². The van der Waals surface area contributed by atoms with Crippen molar-refractivity contribution in [3.8, 4) is 11.5 Å². The molecule has 4 nitrogen and oxygen atoms in total. The van der Waals surface area contributed by atoms with E-state index in [4.69, 9.17) is 19.3 Å². The van der Waals surface area contributed by atoms with Gasteiger partial charge in [-0.25, -0.2) is 0 Å². The Balaban J connectivity index is 1.27. The average molecular weight is 525 g/mol. The van der Waals surface area contributed by atoms with Gasteiger partial charge in [-0.3, -0.25) is 0 Å². The van der Waals surface area contributed by atoms with E-state index in [1.807, 2.05) is 48.6 Å². The zero-order chi connectivity index (χ0) is 27.6. The van der Waals surface area contributed by atoms with Crippen LogP contribution in [0.1, 0.15) is 68.2 Å². The van der Waals surface area contributed by atoms with Crippen LogP contribution in [0, 0.1) is 0 Å². The van der Waals surface area contributed by atoms with Gasteiger partial charge in [-0.15, -0.1) is 0 Å². The Labute approximate surface area is 233 Å². The number of allylic oxidation sites excluding steroid dienone is 2. The third-order valence-electron chi connectivity index (χ3n) is 7.01. The first-order valence-electron chi connectivity index (χ1n) is 13.8. The molecule has 3 aromatic rings. The van der Waals surface area contributed by atoms with Crippen LogP contribution in [0.25, 0.3) is 18.2 Å². The van der Waals surface area contributed by atoms with Crippen molar-refractivity contribution in [1.29, 1.82) is 0 Å². The normalized spacial score (nSPS) is 15.8. The van der Waals surface area contributed by atoms with Crippen molar-refractivity contribution in [3.05, 3.63) is 113 Å². The van der Waals surface area contributed by atoms with Crippen LogP contribution in [0.2, 0.25) is 0 Å². The minimum absolute atomic E-state index is 0.352. The second-order valence-electron chi connectivity index (χ2n) is 10.7. The summed E-state index contributed by atoms with van der Waals surface area (Å²) in [4.78, 5) is 0. The van der Waals surface area contributed by atoms with Crippen LogP contribution in [0.5, 0.6) is 11.5 Å². The highest BCUT2D eigenvalue weighted by Crippen LogP contribution is 2.33. The van der Waals surface area contributed by atoms with Gasteiger partial charge in [-0.1, -0.05) is 79.3 Å². The first-order chi connectivity index (χ1) is 18.9. The second-order valence-corrected chi connectivity index (χ2v) is 10.7. The zero-order valence-corrected chi connectivity index (χ0v) is 23.3. The Hall–Kier alpha value is -3.76. The van der Waals surface area contributed by atoms with Crippen molar-refractivity contribution >= 4 is 18.2 Å². The smallest absolute Gasteiger partial charge is 0.210 e. The summed E-state index contributed by atoms with van der Waals surface area (Å²) in [6.07, 6.45) is 17.2. The summed E-state index contributed by atoms with van der Waals surface area (Å²) in [6, 6.07) is 24.4. The van der Waals surface area contributed by atoms with Crippen molar-refractivity contribution in [3.63, 3.8) is 0 Å². The lowest BCUT2D eigenvalue weighted by Crippen LogP contribution is -2.40. The van der Waals surface area contributed by atoms with Crippen LogP contribution in [0.4, 0.5) is 0 Å². The van der Waals surface area contributed by atoms with Gasteiger partial charge >= 0.3 is 0 Å². The molecule has 0 radical (unpaired) electrons. The molecule has 0 spiro atoms. The SMILES string of the molecule is COC1(Oc2ccc(C=CC=Cc3ccc(OC(C)(C)Cc4ccc(C=CO)cc4)cc3)cc2)CCCCC1. The summed E-state index contributed by atoms with van der Waals surface area (Å²) < 4.78 is 18.3. The van der Waals surface area contributed by atoms with E-state index in [0.717, 1.165) is 66.6 Å². The molecule has 1 fully saturated rings. The molecule has 39 heavy (non-hydrogen) atoms. The number of hydrogen-bond acceptors (Lipinski definition) is 4. The molecule has 0 aliphatic heterocycles. The molecular weight excluding hydrogens is 484 g/mol. The molecule has 0 amide bonds. The maximum atomic E-state index is 8.92. The van der Waals surface area contributed by atoms with Crippen molar-refractivity contribution in [1.82, 2.24) is 0 Å². The maximum Gasteiger partial charge on any atom is 0.210 e. The molecule has 1 saturated carbocycles. The highest BCUT2D eigenvalue weighted by molar-refractivity contribution is 5.58. The van der Waals surface area contributed by atoms with Crippen LogP contribution in [0.15, 0.2) is 91.2 Å². The van der Waals surface area contributed by atoms with Crippen LogP contribution in [-0.4, -0.2) is 23.6 Å². The van der Waals surface area contributed by atoms with Gasteiger partial charge in [0, 0.05) is 26.4 Å². The van der Waals surface area contributed by atoms with E-state index >= 15 is 0 Å². The Bertz CT molecular complexity index is 1240. The third-order valence-corrected chi connectivity index (χ3v) is 7.01. The van der Waals surface area contributed by atoms with Gasteiger partial charge < -0.3 is 19.3 Å². The predicted octanol–water partition coefficient (Wildman–Crippen LogP) is 9.03. The van der Waals surface area contributed by atoms with Crippen molar-refractivity contribution in [2.75, 3.05) is 7.11 Å². The quantitative estimate of drug-likeness (QED) is 0.154. The van der Waals surface area contributed by atoms with Crippen LogP contribution in [0.3, 0.4) is 0 Å². The van der Waals surface area contributed by atoms with E-state index in [2.05, 4.69) is 62.4 Å². The first kappa shape index (κ1) is 28.3. The van der Waals surface area contributed by atoms with E-state index < -0.39 is 5.79 Å². The maximum absolute atomic E-state index is 8.92. The second kappa shape index (κ2) is 13.3. The first-order valence-corrected chi connectivity index (χ1v) is 13.8. The van der Waals surface area contributed by atoms with Gasteiger partial charge in [0.2, 0.25) is 5.79 Å². The minimum Gasteiger partial charge on any atom is -0.516 e. The van der Waals surface area contributed by atoms with E-state index in [1.165, 1.54) is 12.0 Å². The number of benzene rings is 3. The molecule has 0 atom stereocenters.